The first kappa shape index (κ1) is 18.8. The standard InChI is InChI=1S/C19H16ClFN2O4/c20-11-5-8-15(21)14(9-11)19(26)27-10-17(24)23-16-4-2-1-3-13(16)18(25)22-12-6-7-12/h1-5,8-9,12H,6-7,10H2,(H,22,25)(H,23,24). The summed E-state index contributed by atoms with van der Waals surface area (Å²) in [6.45, 7) is -0.636. The van der Waals surface area contributed by atoms with Gasteiger partial charge in [0.05, 0.1) is 16.8 Å². The van der Waals surface area contributed by atoms with Crippen molar-refractivity contribution >= 4 is 35.1 Å². The van der Waals surface area contributed by atoms with E-state index in [2.05, 4.69) is 10.6 Å². The first-order valence-electron chi connectivity index (χ1n) is 8.26. The third-order valence-corrected chi connectivity index (χ3v) is 4.08. The SMILES string of the molecule is O=C(COC(=O)c1cc(Cl)ccc1F)Nc1ccccc1C(=O)NC1CC1. The monoisotopic (exact) mass is 390 g/mol. The Labute approximate surface area is 159 Å². The van der Waals surface area contributed by atoms with Crippen molar-refractivity contribution in [3.8, 4) is 0 Å². The molecule has 140 valence electrons. The van der Waals surface area contributed by atoms with E-state index in [4.69, 9.17) is 16.3 Å². The molecule has 1 saturated carbocycles. The molecule has 8 heteroatoms. The third-order valence-electron chi connectivity index (χ3n) is 3.84. The fraction of sp³-hybridized carbons (Fsp3) is 0.211. The number of rotatable bonds is 6. The third kappa shape index (κ3) is 5.04. The van der Waals surface area contributed by atoms with Crippen molar-refractivity contribution < 1.29 is 23.5 Å². The molecule has 0 unspecified atom stereocenters. The molecule has 0 aromatic heterocycles. The first-order valence-corrected chi connectivity index (χ1v) is 8.64. The number of nitrogens with one attached hydrogen (secondary N) is 2. The molecule has 1 fully saturated rings. The zero-order chi connectivity index (χ0) is 19.4. The highest BCUT2D eigenvalue weighted by Gasteiger charge is 2.25. The van der Waals surface area contributed by atoms with Gasteiger partial charge < -0.3 is 15.4 Å². The minimum atomic E-state index is -1.01. The molecule has 27 heavy (non-hydrogen) atoms. The summed E-state index contributed by atoms with van der Waals surface area (Å²) in [4.78, 5) is 36.2. The van der Waals surface area contributed by atoms with Crippen LogP contribution >= 0.6 is 11.6 Å². The Morgan fingerprint density at radius 1 is 1.11 bits per heavy atom. The number of hydrogen-bond acceptors (Lipinski definition) is 4. The van der Waals surface area contributed by atoms with Crippen LogP contribution in [0.5, 0.6) is 0 Å². The minimum Gasteiger partial charge on any atom is -0.452 e. The van der Waals surface area contributed by atoms with Gasteiger partial charge in [-0.2, -0.15) is 0 Å². The molecule has 0 bridgehead atoms. The number of benzene rings is 2. The van der Waals surface area contributed by atoms with Gasteiger partial charge in [0.25, 0.3) is 11.8 Å². The van der Waals surface area contributed by atoms with Crippen LogP contribution in [-0.2, 0) is 9.53 Å². The molecule has 3 rings (SSSR count). The van der Waals surface area contributed by atoms with Crippen LogP contribution in [0.3, 0.4) is 0 Å². The number of halogens is 2. The van der Waals surface area contributed by atoms with Gasteiger partial charge in [-0.25, -0.2) is 9.18 Å². The Hall–Kier alpha value is -2.93. The Morgan fingerprint density at radius 2 is 1.85 bits per heavy atom. The fourth-order valence-electron chi connectivity index (χ4n) is 2.33. The molecule has 0 spiro atoms. The lowest BCUT2D eigenvalue weighted by molar-refractivity contribution is -0.119. The van der Waals surface area contributed by atoms with Crippen molar-refractivity contribution in [1.29, 1.82) is 0 Å². The van der Waals surface area contributed by atoms with Crippen molar-refractivity contribution in [2.75, 3.05) is 11.9 Å². The second-order valence-corrected chi connectivity index (χ2v) is 6.48. The van der Waals surface area contributed by atoms with E-state index in [-0.39, 0.29) is 22.5 Å². The summed E-state index contributed by atoms with van der Waals surface area (Å²) in [5.41, 5.74) is 0.245. The van der Waals surface area contributed by atoms with Crippen molar-refractivity contribution in [3.63, 3.8) is 0 Å². The van der Waals surface area contributed by atoms with Gasteiger partial charge in [0.15, 0.2) is 6.61 Å². The highest BCUT2D eigenvalue weighted by molar-refractivity contribution is 6.30. The maximum atomic E-state index is 13.6. The molecular formula is C19H16ClFN2O4. The summed E-state index contributed by atoms with van der Waals surface area (Å²) in [6.07, 6.45) is 1.88. The van der Waals surface area contributed by atoms with Gasteiger partial charge in [-0.3, -0.25) is 9.59 Å². The van der Waals surface area contributed by atoms with Gasteiger partial charge in [0, 0.05) is 11.1 Å². The summed E-state index contributed by atoms with van der Waals surface area (Å²) in [7, 11) is 0. The van der Waals surface area contributed by atoms with Crippen molar-refractivity contribution in [3.05, 3.63) is 64.4 Å². The van der Waals surface area contributed by atoms with E-state index in [0.717, 1.165) is 25.0 Å². The summed E-state index contributed by atoms with van der Waals surface area (Å²) < 4.78 is 18.5. The molecule has 1 aliphatic rings. The summed E-state index contributed by atoms with van der Waals surface area (Å²) in [6, 6.07) is 10.1. The number of amides is 2. The number of para-hydroxylation sites is 1. The van der Waals surface area contributed by atoms with Crippen LogP contribution in [0.1, 0.15) is 33.6 Å². The van der Waals surface area contributed by atoms with Crippen LogP contribution in [0.4, 0.5) is 10.1 Å². The Kier molecular flexibility index (Phi) is 5.71. The van der Waals surface area contributed by atoms with Crippen LogP contribution in [0.2, 0.25) is 5.02 Å². The zero-order valence-electron chi connectivity index (χ0n) is 14.1. The molecule has 0 atom stereocenters. The van der Waals surface area contributed by atoms with Gasteiger partial charge >= 0.3 is 5.97 Å². The fourth-order valence-corrected chi connectivity index (χ4v) is 2.50. The summed E-state index contributed by atoms with van der Waals surface area (Å²) in [5, 5.41) is 5.53. The number of hydrogen-bond donors (Lipinski definition) is 2. The molecule has 0 radical (unpaired) electrons. The van der Waals surface area contributed by atoms with E-state index < -0.39 is 24.3 Å². The molecule has 2 aromatic carbocycles. The molecule has 2 N–H and O–H groups in total. The predicted octanol–water partition coefficient (Wildman–Crippen LogP) is 3.17. The maximum absolute atomic E-state index is 13.6. The molecular weight excluding hydrogens is 375 g/mol. The van der Waals surface area contributed by atoms with Crippen LogP contribution < -0.4 is 10.6 Å². The first-order chi connectivity index (χ1) is 12.9. The number of carbonyl (C=O) groups excluding carboxylic acids is 3. The lowest BCUT2D eigenvalue weighted by atomic mass is 10.1. The van der Waals surface area contributed by atoms with Crippen LogP contribution in [0.25, 0.3) is 0 Å². The lowest BCUT2D eigenvalue weighted by Gasteiger charge is -2.11. The molecule has 2 amide bonds. The Balaban J connectivity index is 1.60. The molecule has 0 aliphatic heterocycles. The minimum absolute atomic E-state index is 0.170. The van der Waals surface area contributed by atoms with E-state index in [1.807, 2.05) is 0 Å². The van der Waals surface area contributed by atoms with Gasteiger partial charge in [-0.15, -0.1) is 0 Å². The predicted molar refractivity (Wildman–Crippen MR) is 97.3 cm³/mol. The lowest BCUT2D eigenvalue weighted by Crippen LogP contribution is -2.28. The normalized spacial score (nSPS) is 13.0. The molecule has 0 heterocycles. The van der Waals surface area contributed by atoms with E-state index in [0.29, 0.717) is 11.3 Å². The number of ether oxygens (including phenoxy) is 1. The van der Waals surface area contributed by atoms with Crippen LogP contribution in [-0.4, -0.2) is 30.4 Å². The molecule has 0 saturated heterocycles. The Bertz CT molecular complexity index is 899. The van der Waals surface area contributed by atoms with Crippen molar-refractivity contribution in [1.82, 2.24) is 5.32 Å². The van der Waals surface area contributed by atoms with Crippen molar-refractivity contribution in [2.45, 2.75) is 18.9 Å². The summed E-state index contributed by atoms with van der Waals surface area (Å²) in [5.74, 6) is -2.75. The highest BCUT2D eigenvalue weighted by atomic mass is 35.5. The second kappa shape index (κ2) is 8.18. The van der Waals surface area contributed by atoms with Crippen LogP contribution in [0, 0.1) is 5.82 Å². The van der Waals surface area contributed by atoms with E-state index >= 15 is 0 Å². The Morgan fingerprint density at radius 3 is 2.59 bits per heavy atom. The number of anilines is 1. The number of carbonyl (C=O) groups is 3. The maximum Gasteiger partial charge on any atom is 0.341 e. The quantitative estimate of drug-likeness (QED) is 0.742. The molecule has 1 aliphatic carbocycles. The smallest absolute Gasteiger partial charge is 0.341 e. The molecule has 6 nitrogen and oxygen atoms in total. The van der Waals surface area contributed by atoms with Gasteiger partial charge in [0.2, 0.25) is 0 Å². The van der Waals surface area contributed by atoms with Crippen molar-refractivity contribution in [2.24, 2.45) is 0 Å². The average molecular weight is 391 g/mol. The molecule has 2 aromatic rings. The van der Waals surface area contributed by atoms with E-state index in [1.165, 1.54) is 6.07 Å². The number of esters is 1. The highest BCUT2D eigenvalue weighted by Crippen LogP contribution is 2.21. The summed E-state index contributed by atoms with van der Waals surface area (Å²) >= 11 is 5.73. The second-order valence-electron chi connectivity index (χ2n) is 6.04. The van der Waals surface area contributed by atoms with E-state index in [9.17, 15) is 18.8 Å². The van der Waals surface area contributed by atoms with Gasteiger partial charge in [-0.05, 0) is 43.2 Å². The van der Waals surface area contributed by atoms with E-state index in [1.54, 1.807) is 24.3 Å². The zero-order valence-corrected chi connectivity index (χ0v) is 14.9. The topological polar surface area (TPSA) is 84.5 Å². The van der Waals surface area contributed by atoms with Crippen LogP contribution in [0.15, 0.2) is 42.5 Å². The largest absolute Gasteiger partial charge is 0.452 e. The average Bonchev–Trinajstić information content (AvgIpc) is 3.46. The van der Waals surface area contributed by atoms with Gasteiger partial charge in [-0.1, -0.05) is 23.7 Å². The van der Waals surface area contributed by atoms with Gasteiger partial charge in [0.1, 0.15) is 5.82 Å².